The Kier molecular flexibility index (Phi) is 4.88. The first kappa shape index (κ1) is 20.4. The summed E-state index contributed by atoms with van der Waals surface area (Å²) in [5.41, 5.74) is -0.246. The largest absolute Gasteiger partial charge is 0.416 e. The normalized spacial score (nSPS) is 12.2. The zero-order valence-electron chi connectivity index (χ0n) is 15.8. The van der Waals surface area contributed by atoms with Gasteiger partial charge in [0.15, 0.2) is 16.7 Å². The molecular weight excluding hydrogens is 419 g/mol. The van der Waals surface area contributed by atoms with Gasteiger partial charge in [0.2, 0.25) is 0 Å². The van der Waals surface area contributed by atoms with E-state index in [9.17, 15) is 22.0 Å². The van der Waals surface area contributed by atoms with E-state index in [1.807, 2.05) is 0 Å². The van der Waals surface area contributed by atoms with Crippen molar-refractivity contribution in [1.82, 2.24) is 19.2 Å². The van der Waals surface area contributed by atoms with Gasteiger partial charge in [-0.25, -0.2) is 23.4 Å². The van der Waals surface area contributed by atoms with E-state index < -0.39 is 23.4 Å². The average Bonchev–Trinajstić information content (AvgIpc) is 3.04. The van der Waals surface area contributed by atoms with Gasteiger partial charge in [-0.05, 0) is 36.8 Å². The second-order valence-corrected chi connectivity index (χ2v) is 6.56. The Morgan fingerprint density at radius 1 is 1.06 bits per heavy atom. The van der Waals surface area contributed by atoms with E-state index in [0.29, 0.717) is 11.4 Å². The lowest BCUT2D eigenvalue weighted by atomic mass is 10.1. The fraction of sp³-hybridized carbons (Fsp3) is 0.100. The van der Waals surface area contributed by atoms with Crippen LogP contribution < -0.4 is 5.49 Å². The molecule has 6 nitrogen and oxygen atoms in total. The number of aromatic nitrogens is 4. The molecule has 4 aromatic rings. The molecule has 0 amide bonds. The summed E-state index contributed by atoms with van der Waals surface area (Å²) in [6.07, 6.45) is -1.96. The van der Waals surface area contributed by atoms with Crippen molar-refractivity contribution in [1.29, 1.82) is 5.41 Å². The Morgan fingerprint density at radius 2 is 1.77 bits per heavy atom. The van der Waals surface area contributed by atoms with E-state index in [0.717, 1.165) is 28.9 Å². The SMILES string of the molecule is Cc1nc2c(=N)n(N=Cc3ccc(C(F)(F)F)cc3)cnc2n1-c1ccc(F)cc1F. The predicted molar refractivity (Wildman–Crippen MR) is 102 cm³/mol. The van der Waals surface area contributed by atoms with Crippen LogP contribution in [0.4, 0.5) is 22.0 Å². The van der Waals surface area contributed by atoms with Gasteiger partial charge in [-0.3, -0.25) is 9.98 Å². The molecule has 0 atom stereocenters. The number of hydrogen-bond acceptors (Lipinski definition) is 4. The van der Waals surface area contributed by atoms with Crippen LogP contribution in [-0.4, -0.2) is 25.4 Å². The van der Waals surface area contributed by atoms with E-state index in [2.05, 4.69) is 15.1 Å². The Balaban J connectivity index is 1.72. The van der Waals surface area contributed by atoms with E-state index in [-0.39, 0.29) is 22.3 Å². The molecule has 0 saturated heterocycles. The molecule has 0 fully saturated rings. The number of aryl methyl sites for hydroxylation is 1. The molecule has 0 aliphatic heterocycles. The average molecular weight is 432 g/mol. The van der Waals surface area contributed by atoms with E-state index in [1.54, 1.807) is 6.92 Å². The standard InChI is InChI=1S/C20H13F5N6/c1-11-29-17-18(26)30(28-9-12-2-4-13(5-3-12)20(23,24)25)10-27-19(17)31(11)16-7-6-14(21)8-15(16)22/h2-10,26H,1H3. The molecule has 1 N–H and O–H groups in total. The lowest BCUT2D eigenvalue weighted by Gasteiger charge is -2.08. The number of imidazole rings is 1. The third-order valence-electron chi connectivity index (χ3n) is 4.48. The van der Waals surface area contributed by atoms with Crippen LogP contribution in [0, 0.1) is 24.0 Å². The minimum Gasteiger partial charge on any atom is -0.281 e. The molecule has 31 heavy (non-hydrogen) atoms. The van der Waals surface area contributed by atoms with Crippen LogP contribution in [0.2, 0.25) is 0 Å². The molecule has 0 spiro atoms. The molecular formula is C20H13F5N6. The lowest BCUT2D eigenvalue weighted by Crippen LogP contribution is -2.18. The zero-order chi connectivity index (χ0) is 22.3. The summed E-state index contributed by atoms with van der Waals surface area (Å²) >= 11 is 0. The maximum absolute atomic E-state index is 14.2. The minimum atomic E-state index is -4.44. The van der Waals surface area contributed by atoms with Crippen LogP contribution in [-0.2, 0) is 6.18 Å². The van der Waals surface area contributed by atoms with Crippen molar-refractivity contribution in [2.24, 2.45) is 5.10 Å². The van der Waals surface area contributed by atoms with Crippen LogP contribution >= 0.6 is 0 Å². The Hall–Kier alpha value is -3.89. The second-order valence-electron chi connectivity index (χ2n) is 6.56. The van der Waals surface area contributed by atoms with Crippen LogP contribution in [0.3, 0.4) is 0 Å². The second kappa shape index (κ2) is 7.42. The first-order valence-electron chi connectivity index (χ1n) is 8.83. The third kappa shape index (κ3) is 3.81. The number of alkyl halides is 3. The van der Waals surface area contributed by atoms with Gasteiger partial charge in [-0.2, -0.15) is 18.3 Å². The number of nitrogens with zero attached hydrogens (tertiary/aromatic N) is 5. The summed E-state index contributed by atoms with van der Waals surface area (Å²) in [5, 5.41) is 12.4. The first-order valence-corrected chi connectivity index (χ1v) is 8.83. The van der Waals surface area contributed by atoms with Gasteiger partial charge in [-0.1, -0.05) is 12.1 Å². The monoisotopic (exact) mass is 432 g/mol. The van der Waals surface area contributed by atoms with Crippen molar-refractivity contribution in [3.63, 3.8) is 0 Å². The van der Waals surface area contributed by atoms with Crippen LogP contribution in [0.15, 0.2) is 53.9 Å². The van der Waals surface area contributed by atoms with Gasteiger partial charge < -0.3 is 0 Å². The van der Waals surface area contributed by atoms with Gasteiger partial charge >= 0.3 is 6.18 Å². The zero-order valence-corrected chi connectivity index (χ0v) is 15.8. The molecule has 0 bridgehead atoms. The molecule has 0 unspecified atom stereocenters. The predicted octanol–water partition coefficient (Wildman–Crippen LogP) is 4.19. The number of hydrogen-bond donors (Lipinski definition) is 1. The molecule has 0 aliphatic carbocycles. The van der Waals surface area contributed by atoms with E-state index >= 15 is 0 Å². The fourth-order valence-corrected chi connectivity index (χ4v) is 3.00. The van der Waals surface area contributed by atoms with Gasteiger partial charge in [-0.15, -0.1) is 0 Å². The highest BCUT2D eigenvalue weighted by atomic mass is 19.4. The van der Waals surface area contributed by atoms with Gasteiger partial charge in [0, 0.05) is 6.07 Å². The molecule has 2 aromatic carbocycles. The molecule has 0 radical (unpaired) electrons. The molecule has 11 heteroatoms. The third-order valence-corrected chi connectivity index (χ3v) is 4.48. The number of fused-ring (bicyclic) bond motifs is 1. The summed E-state index contributed by atoms with van der Waals surface area (Å²) in [7, 11) is 0. The van der Waals surface area contributed by atoms with Crippen LogP contribution in [0.5, 0.6) is 0 Å². The summed E-state index contributed by atoms with van der Waals surface area (Å²) in [6, 6.07) is 7.43. The summed E-state index contributed by atoms with van der Waals surface area (Å²) < 4.78 is 67.9. The molecule has 4 rings (SSSR count). The van der Waals surface area contributed by atoms with Gasteiger partial charge in [0.25, 0.3) is 0 Å². The topological polar surface area (TPSA) is 71.8 Å². The minimum absolute atomic E-state index is 0.0271. The van der Waals surface area contributed by atoms with Crippen molar-refractivity contribution in [3.05, 3.63) is 82.9 Å². The Morgan fingerprint density at radius 3 is 2.42 bits per heavy atom. The lowest BCUT2D eigenvalue weighted by molar-refractivity contribution is -0.137. The first-order chi connectivity index (χ1) is 14.6. The Bertz CT molecular complexity index is 1370. The highest BCUT2D eigenvalue weighted by Crippen LogP contribution is 2.28. The van der Waals surface area contributed by atoms with Crippen LogP contribution in [0.25, 0.3) is 16.9 Å². The van der Waals surface area contributed by atoms with Crippen molar-refractivity contribution >= 4 is 17.4 Å². The highest BCUT2D eigenvalue weighted by molar-refractivity contribution is 5.79. The van der Waals surface area contributed by atoms with Crippen molar-refractivity contribution in [2.45, 2.75) is 13.1 Å². The van der Waals surface area contributed by atoms with Crippen molar-refractivity contribution in [2.75, 3.05) is 0 Å². The van der Waals surface area contributed by atoms with E-state index in [1.165, 1.54) is 35.3 Å². The number of halogens is 5. The maximum Gasteiger partial charge on any atom is 0.416 e. The fourth-order valence-electron chi connectivity index (χ4n) is 3.00. The number of nitrogens with one attached hydrogen (secondary N) is 1. The summed E-state index contributed by atoms with van der Waals surface area (Å²) in [4.78, 5) is 8.42. The van der Waals surface area contributed by atoms with Crippen molar-refractivity contribution in [3.8, 4) is 5.69 Å². The number of rotatable bonds is 3. The molecule has 158 valence electrons. The maximum atomic E-state index is 14.2. The molecule has 0 saturated carbocycles. The van der Waals surface area contributed by atoms with Gasteiger partial charge in [0.05, 0.1) is 17.5 Å². The Labute approximate surface area is 171 Å². The summed E-state index contributed by atoms with van der Waals surface area (Å²) in [5.74, 6) is -1.22. The van der Waals surface area contributed by atoms with E-state index in [4.69, 9.17) is 5.41 Å². The molecule has 0 aliphatic rings. The quantitative estimate of drug-likeness (QED) is 0.390. The summed E-state index contributed by atoms with van der Waals surface area (Å²) in [6.45, 7) is 1.58. The molecule has 2 heterocycles. The van der Waals surface area contributed by atoms with Gasteiger partial charge in [0.1, 0.15) is 23.8 Å². The van der Waals surface area contributed by atoms with Crippen molar-refractivity contribution < 1.29 is 22.0 Å². The highest BCUT2D eigenvalue weighted by Gasteiger charge is 2.29. The number of benzene rings is 2. The molecule has 2 aromatic heterocycles. The smallest absolute Gasteiger partial charge is 0.281 e. The van der Waals surface area contributed by atoms with Crippen LogP contribution in [0.1, 0.15) is 17.0 Å².